The van der Waals surface area contributed by atoms with Crippen LogP contribution in [-0.2, 0) is 11.2 Å². The van der Waals surface area contributed by atoms with Crippen molar-refractivity contribution < 1.29 is 13.6 Å². The second-order valence-corrected chi connectivity index (χ2v) is 4.06. The number of halogens is 2. The van der Waals surface area contributed by atoms with Gasteiger partial charge in [-0.25, -0.2) is 8.78 Å². The van der Waals surface area contributed by atoms with E-state index in [0.29, 0.717) is 5.56 Å². The Morgan fingerprint density at radius 1 is 1.16 bits per heavy atom. The number of amides is 1. The molecule has 98 valence electrons. The Morgan fingerprint density at radius 2 is 1.89 bits per heavy atom. The topological polar surface area (TPSA) is 55.1 Å². The van der Waals surface area contributed by atoms with Gasteiger partial charge >= 0.3 is 0 Å². The van der Waals surface area contributed by atoms with Gasteiger partial charge in [-0.15, -0.1) is 0 Å². The van der Waals surface area contributed by atoms with Gasteiger partial charge in [0.1, 0.15) is 17.3 Å². The molecule has 1 amide bonds. The van der Waals surface area contributed by atoms with E-state index in [1.54, 1.807) is 6.07 Å². The number of nitrogens with two attached hydrogens (primary N) is 1. The van der Waals surface area contributed by atoms with E-state index in [4.69, 9.17) is 5.73 Å². The molecule has 0 aliphatic heterocycles. The highest BCUT2D eigenvalue weighted by atomic mass is 19.1. The predicted molar refractivity (Wildman–Crippen MR) is 69.5 cm³/mol. The van der Waals surface area contributed by atoms with E-state index < -0.39 is 17.5 Å². The van der Waals surface area contributed by atoms with Crippen molar-refractivity contribution in [3.8, 4) is 0 Å². The molecule has 5 heteroatoms. The highest BCUT2D eigenvalue weighted by Crippen LogP contribution is 2.21. The third kappa shape index (κ3) is 3.28. The molecule has 0 fully saturated rings. The number of anilines is 2. The fraction of sp³-hybridized carbons (Fsp3) is 0.0714. The van der Waals surface area contributed by atoms with Crippen LogP contribution in [0.4, 0.5) is 20.2 Å². The average Bonchev–Trinajstić information content (AvgIpc) is 2.34. The minimum Gasteiger partial charge on any atom is -0.397 e. The van der Waals surface area contributed by atoms with Gasteiger partial charge in [0.05, 0.1) is 12.1 Å². The van der Waals surface area contributed by atoms with Crippen LogP contribution in [0.1, 0.15) is 5.56 Å². The van der Waals surface area contributed by atoms with Gasteiger partial charge < -0.3 is 11.1 Å². The Labute approximate surface area is 109 Å². The van der Waals surface area contributed by atoms with Crippen LogP contribution in [-0.4, -0.2) is 5.91 Å². The van der Waals surface area contributed by atoms with Crippen molar-refractivity contribution in [3.05, 3.63) is 59.7 Å². The van der Waals surface area contributed by atoms with Gasteiger partial charge in [-0.1, -0.05) is 18.2 Å². The number of carbonyl (C=O) groups excluding carboxylic acids is 1. The minimum atomic E-state index is -0.604. The zero-order chi connectivity index (χ0) is 13.8. The highest BCUT2D eigenvalue weighted by Gasteiger charge is 2.10. The van der Waals surface area contributed by atoms with E-state index >= 15 is 0 Å². The molecule has 0 bridgehead atoms. The third-order valence-corrected chi connectivity index (χ3v) is 2.56. The minimum absolute atomic E-state index is 0.0501. The molecule has 3 nitrogen and oxygen atoms in total. The standard InChI is InChI=1S/C14H12F2N2O/c15-10-4-1-3-9(7-10)8-13(19)18-14-11(16)5-2-6-12(14)17/h1-7H,8,17H2,(H,18,19). The molecule has 0 aliphatic rings. The van der Waals surface area contributed by atoms with Crippen LogP contribution >= 0.6 is 0 Å². The van der Waals surface area contributed by atoms with Gasteiger partial charge in [-0.3, -0.25) is 4.79 Å². The van der Waals surface area contributed by atoms with Crippen molar-refractivity contribution in [2.24, 2.45) is 0 Å². The highest BCUT2D eigenvalue weighted by molar-refractivity contribution is 5.95. The molecule has 3 N–H and O–H groups in total. The molecule has 0 saturated heterocycles. The summed E-state index contributed by atoms with van der Waals surface area (Å²) in [6.07, 6.45) is -0.0501. The Hall–Kier alpha value is -2.43. The quantitative estimate of drug-likeness (QED) is 0.836. The fourth-order valence-corrected chi connectivity index (χ4v) is 1.69. The van der Waals surface area contributed by atoms with Gasteiger partial charge in [0, 0.05) is 0 Å². The Kier molecular flexibility index (Phi) is 3.75. The number of carbonyl (C=O) groups is 1. The molecule has 19 heavy (non-hydrogen) atoms. The maximum Gasteiger partial charge on any atom is 0.228 e. The molecule has 0 saturated carbocycles. The summed E-state index contributed by atoms with van der Waals surface area (Å²) in [6.45, 7) is 0. The van der Waals surface area contributed by atoms with E-state index in [1.807, 2.05) is 0 Å². The van der Waals surface area contributed by atoms with E-state index in [2.05, 4.69) is 5.32 Å². The Bertz CT molecular complexity index is 594. The number of para-hydroxylation sites is 1. The van der Waals surface area contributed by atoms with Crippen molar-refractivity contribution in [2.45, 2.75) is 6.42 Å². The molecule has 0 aliphatic carbocycles. The van der Waals surface area contributed by atoms with E-state index in [0.717, 1.165) is 0 Å². The monoisotopic (exact) mass is 262 g/mol. The summed E-state index contributed by atoms with van der Waals surface area (Å²) in [7, 11) is 0. The summed E-state index contributed by atoms with van der Waals surface area (Å²) in [6, 6.07) is 9.81. The molecule has 0 unspecified atom stereocenters. The lowest BCUT2D eigenvalue weighted by atomic mass is 10.1. The fourth-order valence-electron chi connectivity index (χ4n) is 1.69. The number of nitrogens with one attached hydrogen (secondary N) is 1. The molecule has 0 atom stereocenters. The van der Waals surface area contributed by atoms with Crippen LogP contribution in [0.15, 0.2) is 42.5 Å². The van der Waals surface area contributed by atoms with Crippen molar-refractivity contribution >= 4 is 17.3 Å². The second kappa shape index (κ2) is 5.48. The van der Waals surface area contributed by atoms with Crippen LogP contribution in [0, 0.1) is 11.6 Å². The lowest BCUT2D eigenvalue weighted by Crippen LogP contribution is -2.16. The van der Waals surface area contributed by atoms with Gasteiger partial charge in [0.25, 0.3) is 0 Å². The number of nitrogen functional groups attached to an aromatic ring is 1. The predicted octanol–water partition coefficient (Wildman–Crippen LogP) is 2.73. The summed E-state index contributed by atoms with van der Waals surface area (Å²) in [5.41, 5.74) is 6.17. The molecule has 2 aromatic carbocycles. The zero-order valence-electron chi connectivity index (χ0n) is 9.99. The molecule has 0 heterocycles. The van der Waals surface area contributed by atoms with E-state index in [9.17, 15) is 13.6 Å². The number of hydrogen-bond donors (Lipinski definition) is 2. The molecular formula is C14H12F2N2O. The van der Waals surface area contributed by atoms with Crippen molar-refractivity contribution in [3.63, 3.8) is 0 Å². The first-order valence-corrected chi connectivity index (χ1v) is 5.64. The Balaban J connectivity index is 2.10. The molecule has 2 rings (SSSR count). The van der Waals surface area contributed by atoms with Gasteiger partial charge in [0.15, 0.2) is 0 Å². The molecule has 0 radical (unpaired) electrons. The summed E-state index contributed by atoms with van der Waals surface area (Å²) < 4.78 is 26.4. The summed E-state index contributed by atoms with van der Waals surface area (Å²) in [5.74, 6) is -1.48. The smallest absolute Gasteiger partial charge is 0.228 e. The third-order valence-electron chi connectivity index (χ3n) is 2.56. The normalized spacial score (nSPS) is 10.2. The van der Waals surface area contributed by atoms with Crippen molar-refractivity contribution in [1.29, 1.82) is 0 Å². The largest absolute Gasteiger partial charge is 0.397 e. The molecular weight excluding hydrogens is 250 g/mol. The average molecular weight is 262 g/mol. The first kappa shape index (κ1) is 13.0. The first-order valence-electron chi connectivity index (χ1n) is 5.64. The second-order valence-electron chi connectivity index (χ2n) is 4.06. The van der Waals surface area contributed by atoms with Gasteiger partial charge in [-0.2, -0.15) is 0 Å². The zero-order valence-corrected chi connectivity index (χ0v) is 9.99. The first-order chi connectivity index (χ1) is 9.06. The maximum absolute atomic E-state index is 13.5. The van der Waals surface area contributed by atoms with E-state index in [-0.39, 0.29) is 17.8 Å². The van der Waals surface area contributed by atoms with Crippen LogP contribution < -0.4 is 11.1 Å². The van der Waals surface area contributed by atoms with Crippen molar-refractivity contribution in [1.82, 2.24) is 0 Å². The number of benzene rings is 2. The lowest BCUT2D eigenvalue weighted by Gasteiger charge is -2.09. The van der Waals surface area contributed by atoms with Crippen LogP contribution in [0.25, 0.3) is 0 Å². The Morgan fingerprint density at radius 3 is 2.58 bits per heavy atom. The van der Waals surface area contributed by atoms with Crippen LogP contribution in [0.5, 0.6) is 0 Å². The number of rotatable bonds is 3. The van der Waals surface area contributed by atoms with Crippen LogP contribution in [0.3, 0.4) is 0 Å². The van der Waals surface area contributed by atoms with Gasteiger partial charge in [0.2, 0.25) is 5.91 Å². The lowest BCUT2D eigenvalue weighted by molar-refractivity contribution is -0.115. The molecule has 0 spiro atoms. The maximum atomic E-state index is 13.5. The number of hydrogen-bond acceptors (Lipinski definition) is 2. The summed E-state index contributed by atoms with van der Waals surface area (Å²) in [5, 5.41) is 2.39. The van der Waals surface area contributed by atoms with E-state index in [1.165, 1.54) is 36.4 Å². The van der Waals surface area contributed by atoms with Crippen molar-refractivity contribution in [2.75, 3.05) is 11.1 Å². The van der Waals surface area contributed by atoms with Crippen LogP contribution in [0.2, 0.25) is 0 Å². The van der Waals surface area contributed by atoms with Gasteiger partial charge in [-0.05, 0) is 29.8 Å². The SMILES string of the molecule is Nc1cccc(F)c1NC(=O)Cc1cccc(F)c1. The summed E-state index contributed by atoms with van der Waals surface area (Å²) in [4.78, 5) is 11.7. The summed E-state index contributed by atoms with van der Waals surface area (Å²) >= 11 is 0. The molecule has 2 aromatic rings. The molecule has 0 aromatic heterocycles.